The number of aromatic carboxylic acids is 1. The number of carboxylic acids is 1. The molecule has 0 atom stereocenters. The lowest BCUT2D eigenvalue weighted by molar-refractivity contribution is 0.0697. The van der Waals surface area contributed by atoms with Crippen LogP contribution in [-0.4, -0.2) is 22.7 Å². The molecule has 27 heavy (non-hydrogen) atoms. The Morgan fingerprint density at radius 2 is 2.07 bits per heavy atom. The van der Waals surface area contributed by atoms with Gasteiger partial charge in [0.1, 0.15) is 5.58 Å². The molecule has 1 aromatic carbocycles. The number of carboxylic acid groups (broad SMARTS) is 1. The summed E-state index contributed by atoms with van der Waals surface area (Å²) in [5.74, 6) is -0.775. The van der Waals surface area contributed by atoms with Gasteiger partial charge in [-0.05, 0) is 55.3 Å². The van der Waals surface area contributed by atoms with Gasteiger partial charge < -0.3 is 14.3 Å². The number of aryl methyl sites for hydroxylation is 1. The highest BCUT2D eigenvalue weighted by molar-refractivity contribution is 5.93. The molecule has 0 unspecified atom stereocenters. The molecule has 6 nitrogen and oxygen atoms in total. The van der Waals surface area contributed by atoms with Crippen LogP contribution in [0.3, 0.4) is 0 Å². The number of ether oxygens (including phenoxy) is 1. The molecule has 0 radical (unpaired) electrons. The maximum Gasteiger partial charge on any atom is 0.335 e. The van der Waals surface area contributed by atoms with Crippen molar-refractivity contribution in [2.45, 2.75) is 20.3 Å². The van der Waals surface area contributed by atoms with Crippen molar-refractivity contribution >= 4 is 29.1 Å². The van der Waals surface area contributed by atoms with Gasteiger partial charge in [0.25, 0.3) is 0 Å². The third-order valence-corrected chi connectivity index (χ3v) is 3.91. The minimum absolute atomic E-state index is 0.0170. The van der Waals surface area contributed by atoms with Crippen molar-refractivity contribution in [3.05, 3.63) is 69.3 Å². The average Bonchev–Trinajstić information content (AvgIpc) is 2.66. The fourth-order valence-electron chi connectivity index (χ4n) is 2.52. The summed E-state index contributed by atoms with van der Waals surface area (Å²) in [6, 6.07) is 7.97. The summed E-state index contributed by atoms with van der Waals surface area (Å²) in [6.45, 7) is 4.22. The Labute approximate surface area is 155 Å². The van der Waals surface area contributed by atoms with Gasteiger partial charge in [-0.1, -0.05) is 13.0 Å². The summed E-state index contributed by atoms with van der Waals surface area (Å²) >= 11 is 0. The van der Waals surface area contributed by atoms with E-state index in [1.165, 1.54) is 18.2 Å². The Hall–Kier alpha value is -3.41. The van der Waals surface area contributed by atoms with Gasteiger partial charge in [0.05, 0.1) is 23.3 Å². The zero-order valence-electron chi connectivity index (χ0n) is 15.1. The Morgan fingerprint density at radius 3 is 2.74 bits per heavy atom. The fraction of sp³-hybridized carbons (Fsp3) is 0.190. The first kappa shape index (κ1) is 18.4. The van der Waals surface area contributed by atoms with Crippen LogP contribution in [0.4, 0.5) is 0 Å². The maximum absolute atomic E-state index is 12.9. The predicted octanol–water partition coefficient (Wildman–Crippen LogP) is 4.15. The highest BCUT2D eigenvalue weighted by Crippen LogP contribution is 2.24. The Morgan fingerprint density at radius 1 is 1.26 bits per heavy atom. The average molecular weight is 365 g/mol. The molecule has 2 heterocycles. The van der Waals surface area contributed by atoms with Gasteiger partial charge in [0, 0.05) is 6.20 Å². The van der Waals surface area contributed by atoms with Gasteiger partial charge in [0.15, 0.2) is 5.76 Å². The first-order valence-electron chi connectivity index (χ1n) is 8.57. The lowest BCUT2D eigenvalue weighted by Gasteiger charge is -2.09. The topological polar surface area (TPSA) is 89.6 Å². The van der Waals surface area contributed by atoms with E-state index in [0.717, 1.165) is 12.0 Å². The van der Waals surface area contributed by atoms with E-state index >= 15 is 0 Å². The molecule has 0 aliphatic rings. The molecular weight excluding hydrogens is 346 g/mol. The molecule has 0 aliphatic heterocycles. The molecule has 0 spiro atoms. The van der Waals surface area contributed by atoms with E-state index < -0.39 is 11.4 Å². The van der Waals surface area contributed by atoms with E-state index in [2.05, 4.69) is 4.98 Å². The van der Waals surface area contributed by atoms with Crippen LogP contribution < -0.4 is 10.2 Å². The minimum Gasteiger partial charge on any atom is -0.486 e. The molecule has 0 aliphatic carbocycles. The second-order valence-corrected chi connectivity index (χ2v) is 6.08. The number of pyridine rings is 1. The van der Waals surface area contributed by atoms with Crippen molar-refractivity contribution < 1.29 is 19.1 Å². The smallest absolute Gasteiger partial charge is 0.335 e. The summed E-state index contributed by atoms with van der Waals surface area (Å²) < 4.78 is 11.4. The molecule has 0 amide bonds. The lowest BCUT2D eigenvalue weighted by Crippen LogP contribution is -2.11. The van der Waals surface area contributed by atoms with E-state index in [9.17, 15) is 9.59 Å². The van der Waals surface area contributed by atoms with E-state index in [0.29, 0.717) is 17.9 Å². The second-order valence-electron chi connectivity index (χ2n) is 6.08. The van der Waals surface area contributed by atoms with Gasteiger partial charge in [-0.15, -0.1) is 0 Å². The van der Waals surface area contributed by atoms with Crippen LogP contribution in [0.1, 0.15) is 40.7 Å². The molecule has 0 saturated carbocycles. The molecule has 0 saturated heterocycles. The van der Waals surface area contributed by atoms with E-state index in [4.69, 9.17) is 14.3 Å². The van der Waals surface area contributed by atoms with Gasteiger partial charge >= 0.3 is 5.97 Å². The molecule has 6 heteroatoms. The second kappa shape index (κ2) is 7.86. The number of nitrogens with zero attached hydrogens (tertiary/aromatic N) is 1. The number of benzene rings is 1. The monoisotopic (exact) mass is 365 g/mol. The molecule has 3 rings (SSSR count). The predicted molar refractivity (Wildman–Crippen MR) is 103 cm³/mol. The highest BCUT2D eigenvalue weighted by Gasteiger charge is 2.16. The van der Waals surface area contributed by atoms with Crippen molar-refractivity contribution in [3.63, 3.8) is 0 Å². The largest absolute Gasteiger partial charge is 0.486 e. The van der Waals surface area contributed by atoms with Gasteiger partial charge in [-0.2, -0.15) is 0 Å². The first-order chi connectivity index (χ1) is 13.0. The first-order valence-corrected chi connectivity index (χ1v) is 8.57. The van der Waals surface area contributed by atoms with Crippen LogP contribution >= 0.6 is 0 Å². The SMILES string of the molecule is CCCOc1c(/C=C/c2ccc(C)cn2)oc2ccc(C(=O)O)cc2c1=O. The maximum atomic E-state index is 12.9. The van der Waals surface area contributed by atoms with E-state index in [-0.39, 0.29) is 22.5 Å². The van der Waals surface area contributed by atoms with Crippen molar-refractivity contribution in [2.24, 2.45) is 0 Å². The zero-order valence-corrected chi connectivity index (χ0v) is 15.1. The van der Waals surface area contributed by atoms with Gasteiger partial charge in [-0.25, -0.2) is 4.79 Å². The number of hydrogen-bond acceptors (Lipinski definition) is 5. The molecule has 138 valence electrons. The third-order valence-electron chi connectivity index (χ3n) is 3.91. The molecular formula is C21H19NO5. The van der Waals surface area contributed by atoms with Crippen LogP contribution in [0.25, 0.3) is 23.1 Å². The summed E-state index contributed by atoms with van der Waals surface area (Å²) in [7, 11) is 0. The molecule has 2 aromatic heterocycles. The third kappa shape index (κ3) is 4.06. The van der Waals surface area contributed by atoms with Crippen molar-refractivity contribution in [1.82, 2.24) is 4.98 Å². The minimum atomic E-state index is -1.11. The summed E-state index contributed by atoms with van der Waals surface area (Å²) in [5, 5.41) is 9.32. The molecule has 1 N–H and O–H groups in total. The Bertz CT molecular complexity index is 1060. The van der Waals surface area contributed by atoms with Crippen molar-refractivity contribution in [2.75, 3.05) is 6.61 Å². The number of hydrogen-bond donors (Lipinski definition) is 1. The zero-order chi connectivity index (χ0) is 19.4. The standard InChI is InChI=1S/C21H19NO5/c1-3-10-26-20-18(9-7-15-6-4-13(2)12-22-15)27-17-8-5-14(21(24)25)11-16(17)19(20)23/h4-9,11-12H,3,10H2,1-2H3,(H,24,25)/b9-7+. The molecule has 3 aromatic rings. The molecule has 0 fully saturated rings. The normalized spacial score (nSPS) is 11.2. The van der Waals surface area contributed by atoms with Crippen LogP contribution in [0.5, 0.6) is 5.75 Å². The summed E-state index contributed by atoms with van der Waals surface area (Å²) in [4.78, 5) is 28.3. The van der Waals surface area contributed by atoms with E-state index in [1.807, 2.05) is 26.0 Å². The van der Waals surface area contributed by atoms with Gasteiger partial charge in [-0.3, -0.25) is 9.78 Å². The number of rotatable bonds is 6. The summed E-state index contributed by atoms with van der Waals surface area (Å²) in [6.07, 6.45) is 5.83. The number of fused-ring (bicyclic) bond motifs is 1. The van der Waals surface area contributed by atoms with E-state index in [1.54, 1.807) is 18.3 Å². The van der Waals surface area contributed by atoms with Crippen LogP contribution in [-0.2, 0) is 0 Å². The van der Waals surface area contributed by atoms with Crippen LogP contribution in [0.2, 0.25) is 0 Å². The molecule has 0 bridgehead atoms. The van der Waals surface area contributed by atoms with Gasteiger partial charge in [0.2, 0.25) is 11.2 Å². The Kier molecular flexibility index (Phi) is 5.35. The number of aromatic nitrogens is 1. The van der Waals surface area contributed by atoms with Crippen LogP contribution in [0, 0.1) is 6.92 Å². The van der Waals surface area contributed by atoms with Crippen LogP contribution in [0.15, 0.2) is 45.7 Å². The fourth-order valence-corrected chi connectivity index (χ4v) is 2.52. The van der Waals surface area contributed by atoms with Crippen molar-refractivity contribution in [1.29, 1.82) is 0 Å². The highest BCUT2D eigenvalue weighted by atomic mass is 16.5. The lowest BCUT2D eigenvalue weighted by atomic mass is 10.1. The number of carbonyl (C=O) groups is 1. The summed E-state index contributed by atoms with van der Waals surface area (Å²) in [5.41, 5.74) is 1.68. The quantitative estimate of drug-likeness (QED) is 0.706. The Balaban J connectivity index is 2.12. The van der Waals surface area contributed by atoms with Crippen molar-refractivity contribution in [3.8, 4) is 5.75 Å².